The van der Waals surface area contributed by atoms with E-state index in [0.717, 1.165) is 17.0 Å². The van der Waals surface area contributed by atoms with Crippen molar-refractivity contribution < 1.29 is 4.74 Å². The number of benzene rings is 2. The van der Waals surface area contributed by atoms with Gasteiger partial charge in [0, 0.05) is 12.2 Å². The van der Waals surface area contributed by atoms with E-state index in [-0.39, 0.29) is 5.41 Å². The van der Waals surface area contributed by atoms with Gasteiger partial charge in [-0.25, -0.2) is 0 Å². The number of hydrogen-bond acceptors (Lipinski definition) is 2. The molecular weight excluding hydrogens is 304 g/mol. The first kappa shape index (κ1) is 17.3. The van der Waals surface area contributed by atoms with Crippen molar-refractivity contribution in [3.05, 3.63) is 59.7 Å². The standard InChI is InChI=1S/C19H24N2OS/c1-19(2,3)15-7-9-16(10-8-15)21-18(23)20-13-14-5-11-17(22-4)12-6-14/h5-12H,13H2,1-4H3,(H2,20,21,23). The summed E-state index contributed by atoms with van der Waals surface area (Å²) in [5, 5.41) is 7.03. The molecule has 2 rings (SSSR count). The van der Waals surface area contributed by atoms with Crippen molar-refractivity contribution in [2.24, 2.45) is 0 Å². The molecule has 0 heterocycles. The Hall–Kier alpha value is -2.07. The van der Waals surface area contributed by atoms with E-state index in [4.69, 9.17) is 17.0 Å². The highest BCUT2D eigenvalue weighted by atomic mass is 32.1. The van der Waals surface area contributed by atoms with Crippen LogP contribution in [0.15, 0.2) is 48.5 Å². The van der Waals surface area contributed by atoms with Crippen molar-refractivity contribution in [1.82, 2.24) is 5.32 Å². The van der Waals surface area contributed by atoms with E-state index in [0.29, 0.717) is 11.7 Å². The molecule has 0 radical (unpaired) electrons. The van der Waals surface area contributed by atoms with Crippen molar-refractivity contribution in [3.8, 4) is 5.75 Å². The number of methoxy groups -OCH3 is 1. The van der Waals surface area contributed by atoms with Crippen LogP contribution >= 0.6 is 12.2 Å². The summed E-state index contributed by atoms with van der Waals surface area (Å²) in [4.78, 5) is 0. The maximum atomic E-state index is 5.34. The topological polar surface area (TPSA) is 33.3 Å². The van der Waals surface area contributed by atoms with E-state index < -0.39 is 0 Å². The Labute approximate surface area is 144 Å². The number of ether oxygens (including phenoxy) is 1. The second kappa shape index (κ2) is 7.47. The van der Waals surface area contributed by atoms with Crippen LogP contribution < -0.4 is 15.4 Å². The average Bonchev–Trinajstić information content (AvgIpc) is 2.53. The Morgan fingerprint density at radius 3 is 2.13 bits per heavy atom. The monoisotopic (exact) mass is 328 g/mol. The molecule has 122 valence electrons. The normalized spacial score (nSPS) is 11.0. The molecule has 2 aromatic carbocycles. The lowest BCUT2D eigenvalue weighted by Gasteiger charge is -2.19. The van der Waals surface area contributed by atoms with Crippen LogP contribution in [0.5, 0.6) is 5.75 Å². The van der Waals surface area contributed by atoms with E-state index in [1.54, 1.807) is 7.11 Å². The molecule has 0 aliphatic carbocycles. The van der Waals surface area contributed by atoms with E-state index in [1.807, 2.05) is 24.3 Å². The molecule has 0 amide bonds. The number of rotatable bonds is 4. The van der Waals surface area contributed by atoms with Gasteiger partial charge in [0.2, 0.25) is 0 Å². The Morgan fingerprint density at radius 1 is 1.00 bits per heavy atom. The van der Waals surface area contributed by atoms with E-state index in [9.17, 15) is 0 Å². The molecule has 0 saturated carbocycles. The lowest BCUT2D eigenvalue weighted by molar-refractivity contribution is 0.414. The Bertz CT molecular complexity index is 643. The molecule has 0 spiro atoms. The van der Waals surface area contributed by atoms with Crippen LogP contribution in [0.25, 0.3) is 0 Å². The van der Waals surface area contributed by atoms with Crippen molar-refractivity contribution in [2.75, 3.05) is 12.4 Å². The smallest absolute Gasteiger partial charge is 0.171 e. The summed E-state index contributed by atoms with van der Waals surface area (Å²) in [5.74, 6) is 0.855. The molecule has 0 fully saturated rings. The minimum Gasteiger partial charge on any atom is -0.497 e. The van der Waals surface area contributed by atoms with Crippen LogP contribution in [-0.4, -0.2) is 12.2 Å². The Morgan fingerprint density at radius 2 is 1.61 bits per heavy atom. The molecule has 0 unspecified atom stereocenters. The first-order valence-corrected chi connectivity index (χ1v) is 8.07. The van der Waals surface area contributed by atoms with Gasteiger partial charge in [0.05, 0.1) is 7.11 Å². The first-order chi connectivity index (χ1) is 10.9. The minimum atomic E-state index is 0.158. The molecule has 2 aromatic rings. The maximum absolute atomic E-state index is 5.34. The zero-order valence-corrected chi connectivity index (χ0v) is 15.0. The van der Waals surface area contributed by atoms with Crippen molar-refractivity contribution in [2.45, 2.75) is 32.7 Å². The lowest BCUT2D eigenvalue weighted by Crippen LogP contribution is -2.27. The fourth-order valence-electron chi connectivity index (χ4n) is 2.15. The van der Waals surface area contributed by atoms with Gasteiger partial charge >= 0.3 is 0 Å². The molecule has 4 heteroatoms. The van der Waals surface area contributed by atoms with Crippen molar-refractivity contribution in [3.63, 3.8) is 0 Å². The van der Waals surface area contributed by atoms with Gasteiger partial charge in [-0.05, 0) is 53.0 Å². The van der Waals surface area contributed by atoms with E-state index in [2.05, 4.69) is 55.7 Å². The van der Waals surface area contributed by atoms with Gasteiger partial charge in [0.15, 0.2) is 5.11 Å². The molecule has 0 aromatic heterocycles. The van der Waals surface area contributed by atoms with E-state index in [1.165, 1.54) is 5.56 Å². The second-order valence-electron chi connectivity index (χ2n) is 6.48. The van der Waals surface area contributed by atoms with Crippen molar-refractivity contribution >= 4 is 23.0 Å². The lowest BCUT2D eigenvalue weighted by atomic mass is 9.87. The van der Waals surface area contributed by atoms with Gasteiger partial charge in [0.1, 0.15) is 5.75 Å². The predicted octanol–water partition coefficient (Wildman–Crippen LogP) is 4.48. The zero-order valence-electron chi connectivity index (χ0n) is 14.1. The highest BCUT2D eigenvalue weighted by molar-refractivity contribution is 7.80. The molecule has 0 atom stereocenters. The molecule has 2 N–H and O–H groups in total. The summed E-state index contributed by atoms with van der Waals surface area (Å²) < 4.78 is 5.15. The molecule has 3 nitrogen and oxygen atoms in total. The SMILES string of the molecule is COc1ccc(CNC(=S)Nc2ccc(C(C)(C)C)cc2)cc1. The first-order valence-electron chi connectivity index (χ1n) is 7.67. The van der Waals surface area contributed by atoms with Crippen molar-refractivity contribution in [1.29, 1.82) is 0 Å². The van der Waals surface area contributed by atoms with Crippen LogP contribution in [-0.2, 0) is 12.0 Å². The Kier molecular flexibility index (Phi) is 5.61. The minimum absolute atomic E-state index is 0.158. The van der Waals surface area contributed by atoms with Gasteiger partial charge in [-0.1, -0.05) is 45.0 Å². The summed E-state index contributed by atoms with van der Waals surface area (Å²) in [6, 6.07) is 16.3. The highest BCUT2D eigenvalue weighted by Crippen LogP contribution is 2.23. The zero-order chi connectivity index (χ0) is 16.9. The molecule has 0 aliphatic rings. The quantitative estimate of drug-likeness (QED) is 0.811. The number of anilines is 1. The van der Waals surface area contributed by atoms with Crippen LogP contribution in [0.2, 0.25) is 0 Å². The Balaban J connectivity index is 1.86. The molecule has 23 heavy (non-hydrogen) atoms. The summed E-state index contributed by atoms with van der Waals surface area (Å²) >= 11 is 5.34. The van der Waals surface area contributed by atoms with E-state index >= 15 is 0 Å². The summed E-state index contributed by atoms with van der Waals surface area (Å²) in [6.07, 6.45) is 0. The average molecular weight is 328 g/mol. The fourth-order valence-corrected chi connectivity index (χ4v) is 2.34. The third kappa shape index (κ3) is 5.25. The van der Waals surface area contributed by atoms with Gasteiger partial charge in [-0.15, -0.1) is 0 Å². The number of nitrogens with one attached hydrogen (secondary N) is 2. The van der Waals surface area contributed by atoms with Gasteiger partial charge in [-0.2, -0.15) is 0 Å². The predicted molar refractivity (Wildman–Crippen MR) is 101 cm³/mol. The van der Waals surface area contributed by atoms with Crippen LogP contribution in [0.3, 0.4) is 0 Å². The molecular formula is C19H24N2OS. The van der Waals surface area contributed by atoms with Crippen LogP contribution in [0, 0.1) is 0 Å². The van der Waals surface area contributed by atoms with Crippen LogP contribution in [0.4, 0.5) is 5.69 Å². The molecule has 0 aliphatic heterocycles. The van der Waals surface area contributed by atoms with Gasteiger partial charge in [0.25, 0.3) is 0 Å². The molecule has 0 bridgehead atoms. The second-order valence-corrected chi connectivity index (χ2v) is 6.89. The fraction of sp³-hybridized carbons (Fsp3) is 0.316. The maximum Gasteiger partial charge on any atom is 0.171 e. The number of thiocarbonyl (C=S) groups is 1. The summed E-state index contributed by atoms with van der Waals surface area (Å²) in [6.45, 7) is 7.29. The highest BCUT2D eigenvalue weighted by Gasteiger charge is 2.12. The van der Waals surface area contributed by atoms with Gasteiger partial charge in [-0.3, -0.25) is 0 Å². The van der Waals surface area contributed by atoms with Gasteiger partial charge < -0.3 is 15.4 Å². The third-order valence-electron chi connectivity index (χ3n) is 3.62. The number of hydrogen-bond donors (Lipinski definition) is 2. The summed E-state index contributed by atoms with van der Waals surface area (Å²) in [5.41, 5.74) is 3.61. The third-order valence-corrected chi connectivity index (χ3v) is 3.87. The summed E-state index contributed by atoms with van der Waals surface area (Å²) in [7, 11) is 1.66. The van der Waals surface area contributed by atoms with Crippen LogP contribution in [0.1, 0.15) is 31.9 Å². The molecule has 0 saturated heterocycles. The largest absolute Gasteiger partial charge is 0.497 e.